The number of imide groups is 1. The third kappa shape index (κ3) is 2.85. The molecule has 2 bridgehead atoms. The van der Waals surface area contributed by atoms with E-state index in [0.717, 1.165) is 20.3 Å². The number of hydrogen-bond donors (Lipinski definition) is 0. The maximum absolute atomic E-state index is 13.6. The Morgan fingerprint density at radius 1 is 0.656 bits per heavy atom. The summed E-state index contributed by atoms with van der Waals surface area (Å²) in [7, 11) is 0. The summed E-state index contributed by atoms with van der Waals surface area (Å²) < 4.78 is 1.08. The number of allylic oxidation sites excluding steroid dienone is 3. The Labute approximate surface area is 200 Å². The highest BCUT2D eigenvalue weighted by Gasteiger charge is 2.62. The number of benzene rings is 3. The number of carbonyl (C=O) groups is 2. The van der Waals surface area contributed by atoms with Crippen LogP contribution in [0.2, 0.25) is 0 Å². The van der Waals surface area contributed by atoms with Crippen LogP contribution in [-0.4, -0.2) is 11.8 Å². The van der Waals surface area contributed by atoms with E-state index in [9.17, 15) is 9.59 Å². The van der Waals surface area contributed by atoms with Crippen molar-refractivity contribution in [2.75, 3.05) is 4.90 Å². The van der Waals surface area contributed by atoms with Gasteiger partial charge in [-0.15, -0.1) is 0 Å². The predicted molar refractivity (Wildman–Crippen MR) is 134 cm³/mol. The molecule has 3 aliphatic rings. The minimum absolute atomic E-state index is 0.0503. The normalized spacial score (nSPS) is 25.5. The number of carbonyl (C=O) groups excluding carboxylic acids is 2. The van der Waals surface area contributed by atoms with E-state index in [1.165, 1.54) is 10.5 Å². The van der Waals surface area contributed by atoms with Crippen LogP contribution in [0, 0.1) is 27.2 Å². The smallest absolute Gasteiger partial charge is 0.238 e. The number of amides is 2. The summed E-state index contributed by atoms with van der Waals surface area (Å²) in [5.41, 5.74) is 5.29. The summed E-state index contributed by atoms with van der Waals surface area (Å²) in [5, 5.41) is 0. The molecule has 4 atom stereocenters. The van der Waals surface area contributed by atoms with E-state index >= 15 is 0 Å². The van der Waals surface area contributed by atoms with Crippen LogP contribution >= 0.6 is 22.6 Å². The number of hydrogen-bond acceptors (Lipinski definition) is 2. The van der Waals surface area contributed by atoms with E-state index in [2.05, 4.69) is 59.0 Å². The lowest BCUT2D eigenvalue weighted by Gasteiger charge is -2.21. The first-order chi connectivity index (χ1) is 15.6. The van der Waals surface area contributed by atoms with Gasteiger partial charge in [0.25, 0.3) is 0 Å². The first kappa shape index (κ1) is 19.7. The van der Waals surface area contributed by atoms with Gasteiger partial charge in [-0.25, -0.2) is 4.90 Å². The van der Waals surface area contributed by atoms with Crippen molar-refractivity contribution in [2.24, 2.45) is 23.7 Å². The Morgan fingerprint density at radius 3 is 1.59 bits per heavy atom. The zero-order chi connectivity index (χ0) is 21.8. The van der Waals surface area contributed by atoms with Crippen molar-refractivity contribution in [2.45, 2.75) is 0 Å². The molecule has 0 radical (unpaired) electrons. The molecule has 3 nitrogen and oxygen atoms in total. The minimum atomic E-state index is -0.325. The van der Waals surface area contributed by atoms with Gasteiger partial charge in [-0.3, -0.25) is 9.59 Å². The molecule has 1 aliphatic heterocycles. The first-order valence-electron chi connectivity index (χ1n) is 10.8. The fourth-order valence-electron chi connectivity index (χ4n) is 5.65. The first-order valence-corrected chi connectivity index (χ1v) is 11.9. The molecule has 3 aromatic carbocycles. The van der Waals surface area contributed by atoms with Crippen LogP contribution in [0.5, 0.6) is 0 Å². The van der Waals surface area contributed by atoms with Gasteiger partial charge in [-0.2, -0.15) is 0 Å². The molecule has 1 heterocycles. The Hall–Kier alpha value is -2.99. The predicted octanol–water partition coefficient (Wildman–Crippen LogP) is 5.71. The SMILES string of the molecule is O=C1[C@H]2[C@H](C(=O)N1c1ccc(I)cc1)[C@H]1C=C[C@H]2C1=C(c1ccccc1)c1ccccc1. The van der Waals surface area contributed by atoms with Crippen LogP contribution in [0.25, 0.3) is 5.57 Å². The maximum Gasteiger partial charge on any atom is 0.238 e. The number of rotatable bonds is 3. The lowest BCUT2D eigenvalue weighted by Crippen LogP contribution is -2.33. The van der Waals surface area contributed by atoms with Crippen LogP contribution in [0.4, 0.5) is 5.69 Å². The van der Waals surface area contributed by atoms with E-state index in [1.54, 1.807) is 0 Å². The summed E-state index contributed by atoms with van der Waals surface area (Å²) in [6.07, 6.45) is 4.30. The van der Waals surface area contributed by atoms with Crippen molar-refractivity contribution in [1.29, 1.82) is 0 Å². The topological polar surface area (TPSA) is 37.4 Å². The largest absolute Gasteiger partial charge is 0.274 e. The molecular weight excluding hydrogens is 509 g/mol. The minimum Gasteiger partial charge on any atom is -0.274 e. The molecule has 2 fully saturated rings. The van der Waals surface area contributed by atoms with Gasteiger partial charge in [0.2, 0.25) is 11.8 Å². The van der Waals surface area contributed by atoms with E-state index in [-0.39, 0.29) is 35.5 Å². The summed E-state index contributed by atoms with van der Waals surface area (Å²) in [6.45, 7) is 0. The number of halogens is 1. The third-order valence-corrected chi connectivity index (χ3v) is 7.63. The highest BCUT2D eigenvalue weighted by atomic mass is 127. The van der Waals surface area contributed by atoms with Gasteiger partial charge in [0.1, 0.15) is 0 Å². The van der Waals surface area contributed by atoms with Crippen molar-refractivity contribution >= 4 is 45.7 Å². The second-order valence-corrected chi connectivity index (χ2v) is 9.78. The second kappa shape index (κ2) is 7.55. The van der Waals surface area contributed by atoms with Gasteiger partial charge in [0.15, 0.2) is 0 Å². The van der Waals surface area contributed by atoms with Gasteiger partial charge in [0.05, 0.1) is 17.5 Å². The van der Waals surface area contributed by atoms with Crippen molar-refractivity contribution < 1.29 is 9.59 Å². The second-order valence-electron chi connectivity index (χ2n) is 8.54. The van der Waals surface area contributed by atoms with Gasteiger partial charge in [0, 0.05) is 15.4 Å². The van der Waals surface area contributed by atoms with Crippen molar-refractivity contribution in [3.05, 3.63) is 117 Å². The van der Waals surface area contributed by atoms with Crippen LogP contribution < -0.4 is 4.90 Å². The molecule has 1 saturated carbocycles. The average molecular weight is 529 g/mol. The molecule has 2 aliphatic carbocycles. The molecule has 2 amide bonds. The van der Waals surface area contributed by atoms with Crippen LogP contribution in [0.15, 0.2) is 103 Å². The van der Waals surface area contributed by atoms with Crippen molar-refractivity contribution in [1.82, 2.24) is 0 Å². The molecule has 0 aromatic heterocycles. The highest BCUT2D eigenvalue weighted by molar-refractivity contribution is 14.1. The Kier molecular flexibility index (Phi) is 4.65. The average Bonchev–Trinajstić information content (AvgIpc) is 3.46. The van der Waals surface area contributed by atoms with E-state index in [4.69, 9.17) is 0 Å². The Bertz CT molecular complexity index is 1200. The summed E-state index contributed by atoms with van der Waals surface area (Å²) in [4.78, 5) is 28.5. The molecule has 0 unspecified atom stereocenters. The lowest BCUT2D eigenvalue weighted by atomic mass is 9.85. The number of anilines is 1. The fourth-order valence-corrected chi connectivity index (χ4v) is 6.01. The van der Waals surface area contributed by atoms with Gasteiger partial charge >= 0.3 is 0 Å². The molecule has 32 heavy (non-hydrogen) atoms. The molecule has 4 heteroatoms. The fraction of sp³-hybridized carbons (Fsp3) is 0.143. The van der Waals surface area contributed by atoms with E-state index < -0.39 is 0 Å². The summed E-state index contributed by atoms with van der Waals surface area (Å²) in [6, 6.07) is 28.3. The molecule has 156 valence electrons. The van der Waals surface area contributed by atoms with Crippen LogP contribution in [-0.2, 0) is 9.59 Å². The van der Waals surface area contributed by atoms with E-state index in [1.807, 2.05) is 60.7 Å². The Morgan fingerprint density at radius 2 is 1.12 bits per heavy atom. The Balaban J connectivity index is 1.48. The highest BCUT2D eigenvalue weighted by Crippen LogP contribution is 2.58. The van der Waals surface area contributed by atoms with Gasteiger partial charge in [-0.1, -0.05) is 72.8 Å². The third-order valence-electron chi connectivity index (χ3n) is 6.91. The molecule has 6 rings (SSSR count). The molecule has 3 aromatic rings. The molecular formula is C28H20INO2. The van der Waals surface area contributed by atoms with Crippen molar-refractivity contribution in [3.63, 3.8) is 0 Å². The van der Waals surface area contributed by atoms with E-state index in [0.29, 0.717) is 5.69 Å². The molecule has 0 spiro atoms. The van der Waals surface area contributed by atoms with Gasteiger partial charge < -0.3 is 0 Å². The van der Waals surface area contributed by atoms with Crippen molar-refractivity contribution in [3.8, 4) is 0 Å². The zero-order valence-electron chi connectivity index (χ0n) is 17.2. The zero-order valence-corrected chi connectivity index (χ0v) is 19.3. The number of fused-ring (bicyclic) bond motifs is 5. The molecule has 1 saturated heterocycles. The quantitative estimate of drug-likeness (QED) is 0.248. The van der Waals surface area contributed by atoms with Gasteiger partial charge in [-0.05, 0) is 69.1 Å². The summed E-state index contributed by atoms with van der Waals surface area (Å²) >= 11 is 2.23. The standard InChI is InChI=1S/C28H20INO2/c29-19-11-13-20(14-12-19)30-27(31)25-21-15-16-22(26(25)28(30)32)24(21)23(17-7-3-1-4-8-17)18-9-5-2-6-10-18/h1-16,21-22,25-26H/t21-,22-,25+,26+/m0/s1. The monoisotopic (exact) mass is 529 g/mol. The lowest BCUT2D eigenvalue weighted by molar-refractivity contribution is -0.122. The summed E-state index contributed by atoms with van der Waals surface area (Å²) in [5.74, 6) is -0.896. The molecule has 0 N–H and O–H groups in total. The number of nitrogens with zero attached hydrogens (tertiary/aromatic N) is 1. The van der Waals surface area contributed by atoms with Crippen LogP contribution in [0.1, 0.15) is 11.1 Å². The van der Waals surface area contributed by atoms with Crippen LogP contribution in [0.3, 0.4) is 0 Å². The maximum atomic E-state index is 13.6.